The number of carboxylic acid groups (broad SMARTS) is 1. The van der Waals surface area contributed by atoms with Crippen LogP contribution in [0.3, 0.4) is 0 Å². The van der Waals surface area contributed by atoms with Crippen LogP contribution in [-0.2, 0) is 6.54 Å². The van der Waals surface area contributed by atoms with Crippen molar-refractivity contribution in [1.82, 2.24) is 15.2 Å². The van der Waals surface area contributed by atoms with Crippen molar-refractivity contribution >= 4 is 16.9 Å². The van der Waals surface area contributed by atoms with E-state index in [0.29, 0.717) is 25.9 Å². The van der Waals surface area contributed by atoms with Gasteiger partial charge in [-0.15, -0.1) is 0 Å². The molecule has 0 radical (unpaired) electrons. The Kier molecular flexibility index (Phi) is 6.08. The second kappa shape index (κ2) is 9.04. The number of nitrogens with zero attached hydrogens (tertiary/aromatic N) is 1. The van der Waals surface area contributed by atoms with Crippen LogP contribution >= 0.6 is 0 Å². The van der Waals surface area contributed by atoms with Crippen LogP contribution in [0, 0.1) is 6.92 Å². The molecular weight excluding hydrogens is 433 g/mol. The van der Waals surface area contributed by atoms with E-state index in [0.717, 1.165) is 52.7 Å². The van der Waals surface area contributed by atoms with E-state index in [1.165, 1.54) is 0 Å². The lowest BCUT2D eigenvalue weighted by Gasteiger charge is -2.40. The number of fused-ring (bicyclic) bond motifs is 1. The Hall–Kier alpha value is -2.90. The lowest BCUT2D eigenvalue weighted by atomic mass is 9.90. The van der Waals surface area contributed by atoms with Crippen molar-refractivity contribution in [3.05, 3.63) is 64.8 Å². The van der Waals surface area contributed by atoms with Gasteiger partial charge in [-0.2, -0.15) is 0 Å². The number of likely N-dealkylation sites (tertiary alicyclic amines) is 1. The van der Waals surface area contributed by atoms with Gasteiger partial charge in [-0.3, -0.25) is 4.90 Å². The van der Waals surface area contributed by atoms with Gasteiger partial charge >= 0.3 is 5.97 Å². The van der Waals surface area contributed by atoms with Gasteiger partial charge in [0.15, 0.2) is 0 Å². The molecule has 0 amide bonds. The molecular formula is C27H32FN3O3. The predicted octanol–water partition coefficient (Wildman–Crippen LogP) is 4.98. The molecule has 34 heavy (non-hydrogen) atoms. The summed E-state index contributed by atoms with van der Waals surface area (Å²) < 4.78 is 20.0. The van der Waals surface area contributed by atoms with Gasteiger partial charge in [-0.05, 0) is 68.0 Å². The molecule has 3 aromatic rings. The number of aromatic nitrogens is 1. The molecule has 180 valence electrons. The summed E-state index contributed by atoms with van der Waals surface area (Å²) in [6, 6.07) is 11.7. The fourth-order valence-corrected chi connectivity index (χ4v) is 5.21. The molecule has 0 spiro atoms. The number of rotatable bonds is 8. The molecule has 1 saturated heterocycles. The lowest BCUT2D eigenvalue weighted by molar-refractivity contribution is 0.0696. The number of ether oxygens (including phenoxy) is 1. The molecule has 6 nitrogen and oxygen atoms in total. The van der Waals surface area contributed by atoms with Crippen LogP contribution in [0.25, 0.3) is 10.9 Å². The summed E-state index contributed by atoms with van der Waals surface area (Å²) >= 11 is 0. The van der Waals surface area contributed by atoms with E-state index in [2.05, 4.69) is 34.3 Å². The summed E-state index contributed by atoms with van der Waals surface area (Å²) in [5.74, 6) is -0.0542. The van der Waals surface area contributed by atoms with Crippen LogP contribution in [0.2, 0.25) is 0 Å². The fourth-order valence-electron chi connectivity index (χ4n) is 5.21. The third-order valence-corrected chi connectivity index (χ3v) is 7.45. The molecule has 1 saturated carbocycles. The molecule has 3 N–H and O–H groups in total. The minimum absolute atomic E-state index is 0.0869. The Morgan fingerprint density at radius 2 is 2.06 bits per heavy atom. The van der Waals surface area contributed by atoms with Gasteiger partial charge < -0.3 is 20.1 Å². The summed E-state index contributed by atoms with van der Waals surface area (Å²) in [6.07, 6.45) is 5.04. The number of piperidine rings is 1. The zero-order chi connectivity index (χ0) is 23.9. The molecule has 7 heteroatoms. The van der Waals surface area contributed by atoms with Gasteiger partial charge in [-0.1, -0.05) is 12.1 Å². The highest BCUT2D eigenvalue weighted by Crippen LogP contribution is 2.40. The van der Waals surface area contributed by atoms with Crippen molar-refractivity contribution in [3.63, 3.8) is 0 Å². The van der Waals surface area contributed by atoms with Crippen LogP contribution < -0.4 is 10.1 Å². The second-order valence-corrected chi connectivity index (χ2v) is 9.81. The minimum Gasteiger partial charge on any atom is -0.496 e. The summed E-state index contributed by atoms with van der Waals surface area (Å²) in [5, 5.41) is 13.9. The molecule has 2 aliphatic rings. The van der Waals surface area contributed by atoms with E-state index in [1.54, 1.807) is 19.2 Å². The summed E-state index contributed by atoms with van der Waals surface area (Å²) in [5.41, 5.74) is 3.74. The van der Waals surface area contributed by atoms with Crippen molar-refractivity contribution < 1.29 is 19.0 Å². The van der Waals surface area contributed by atoms with Gasteiger partial charge in [0, 0.05) is 54.4 Å². The van der Waals surface area contributed by atoms with Crippen LogP contribution in [0.5, 0.6) is 5.75 Å². The Morgan fingerprint density at radius 3 is 2.74 bits per heavy atom. The summed E-state index contributed by atoms with van der Waals surface area (Å²) in [7, 11) is 1.71. The molecule has 1 aromatic heterocycles. The fraction of sp³-hybridized carbons (Fsp3) is 0.444. The SMILES string of the molecule is COc1cc(C)c2[nH]ccc2c1CN1CCC(NCC2(F)CC2)CC1c1ccc(C(=O)O)cc1. The van der Waals surface area contributed by atoms with E-state index in [4.69, 9.17) is 4.74 Å². The monoisotopic (exact) mass is 465 g/mol. The molecule has 2 heterocycles. The number of aryl methyl sites for hydroxylation is 1. The van der Waals surface area contributed by atoms with Gasteiger partial charge in [-0.25, -0.2) is 9.18 Å². The Balaban J connectivity index is 1.44. The van der Waals surface area contributed by atoms with Crippen LogP contribution in [0.1, 0.15) is 58.8 Å². The first-order valence-electron chi connectivity index (χ1n) is 12.0. The molecule has 5 rings (SSSR count). The van der Waals surface area contributed by atoms with E-state index >= 15 is 0 Å². The van der Waals surface area contributed by atoms with Crippen LogP contribution in [0.15, 0.2) is 42.6 Å². The van der Waals surface area contributed by atoms with E-state index in [-0.39, 0.29) is 17.6 Å². The van der Waals surface area contributed by atoms with Crippen molar-refractivity contribution in [2.45, 2.75) is 56.9 Å². The molecule has 2 unspecified atom stereocenters. The Morgan fingerprint density at radius 1 is 1.29 bits per heavy atom. The topological polar surface area (TPSA) is 77.6 Å². The maximum Gasteiger partial charge on any atom is 0.335 e. The maximum absolute atomic E-state index is 14.2. The molecule has 1 aliphatic heterocycles. The molecule has 2 fully saturated rings. The number of benzene rings is 2. The van der Waals surface area contributed by atoms with Crippen LogP contribution in [0.4, 0.5) is 4.39 Å². The van der Waals surface area contributed by atoms with E-state index in [1.807, 2.05) is 18.3 Å². The highest BCUT2D eigenvalue weighted by Gasteiger charge is 2.43. The van der Waals surface area contributed by atoms with Gasteiger partial charge in [0.25, 0.3) is 0 Å². The number of carboxylic acids is 1. The second-order valence-electron chi connectivity index (χ2n) is 9.81. The Labute approximate surface area is 199 Å². The number of methoxy groups -OCH3 is 1. The average molecular weight is 466 g/mol. The highest BCUT2D eigenvalue weighted by atomic mass is 19.1. The minimum atomic E-state index is -1.02. The number of nitrogens with one attached hydrogen (secondary N) is 2. The smallest absolute Gasteiger partial charge is 0.335 e. The van der Waals surface area contributed by atoms with Crippen molar-refractivity contribution in [2.75, 3.05) is 20.2 Å². The zero-order valence-corrected chi connectivity index (χ0v) is 19.7. The quantitative estimate of drug-likeness (QED) is 0.437. The van der Waals surface area contributed by atoms with Crippen LogP contribution in [-0.4, -0.2) is 52.9 Å². The van der Waals surface area contributed by atoms with Gasteiger partial charge in [0.05, 0.1) is 12.7 Å². The number of H-pyrrole nitrogens is 1. The number of hydrogen-bond donors (Lipinski definition) is 3. The number of aromatic carboxylic acids is 1. The molecule has 1 aliphatic carbocycles. The first-order chi connectivity index (χ1) is 16.4. The Bertz CT molecular complexity index is 1190. The van der Waals surface area contributed by atoms with E-state index < -0.39 is 11.6 Å². The maximum atomic E-state index is 14.2. The largest absolute Gasteiger partial charge is 0.496 e. The number of aromatic amines is 1. The summed E-state index contributed by atoms with van der Waals surface area (Å²) in [6.45, 7) is 4.05. The standard InChI is InChI=1S/C27H32FN3O3/c1-17-13-24(34-2)22(21-7-11-29-25(17)21)15-31-12-8-20(30-16-27(28)9-10-27)14-23(31)18-3-5-19(6-4-18)26(32)33/h3-7,11,13,20,23,29-30H,8-10,12,14-16H2,1-2H3,(H,32,33). The molecule has 2 aromatic carbocycles. The predicted molar refractivity (Wildman–Crippen MR) is 130 cm³/mol. The number of alkyl halides is 1. The number of carbonyl (C=O) groups is 1. The molecule has 2 atom stereocenters. The van der Waals surface area contributed by atoms with Crippen molar-refractivity contribution in [1.29, 1.82) is 0 Å². The highest BCUT2D eigenvalue weighted by molar-refractivity contribution is 5.88. The van der Waals surface area contributed by atoms with Gasteiger partial charge in [0.1, 0.15) is 11.4 Å². The molecule has 0 bridgehead atoms. The zero-order valence-electron chi connectivity index (χ0n) is 19.7. The van der Waals surface area contributed by atoms with E-state index in [9.17, 15) is 14.3 Å². The summed E-state index contributed by atoms with van der Waals surface area (Å²) in [4.78, 5) is 17.1. The van der Waals surface area contributed by atoms with Crippen molar-refractivity contribution in [2.24, 2.45) is 0 Å². The lowest BCUT2D eigenvalue weighted by Crippen LogP contribution is -2.45. The first-order valence-corrected chi connectivity index (χ1v) is 12.0. The first kappa shape index (κ1) is 22.9. The third kappa shape index (κ3) is 4.55. The third-order valence-electron chi connectivity index (χ3n) is 7.45. The van der Waals surface area contributed by atoms with Crippen molar-refractivity contribution in [3.8, 4) is 5.75 Å². The van der Waals surface area contributed by atoms with Gasteiger partial charge in [0.2, 0.25) is 0 Å². The average Bonchev–Trinajstić information content (AvgIpc) is 3.37. The number of hydrogen-bond acceptors (Lipinski definition) is 4. The number of halogens is 1. The normalized spacial score (nSPS) is 22.1.